The van der Waals surface area contributed by atoms with Crippen LogP contribution < -0.4 is 21.3 Å². The second kappa shape index (κ2) is 9.93. The molecule has 0 fully saturated rings. The van der Waals surface area contributed by atoms with Gasteiger partial charge < -0.3 is 26.0 Å². The van der Waals surface area contributed by atoms with Gasteiger partial charge in [0.05, 0.1) is 0 Å². The summed E-state index contributed by atoms with van der Waals surface area (Å²) in [5.41, 5.74) is 2.72. The van der Waals surface area contributed by atoms with Crippen molar-refractivity contribution in [1.82, 2.24) is 5.32 Å². The number of methoxy groups -OCH3 is 1. The molecule has 0 saturated heterocycles. The topological polar surface area (TPSA) is 109 Å². The van der Waals surface area contributed by atoms with Gasteiger partial charge in [0.25, 0.3) is 0 Å². The first kappa shape index (κ1) is 19.9. The Kier molecular flexibility index (Phi) is 7.33. The number of carbonyl (C=O) groups is 3. The van der Waals surface area contributed by atoms with Crippen molar-refractivity contribution in [2.75, 3.05) is 29.7 Å². The number of hydrogen-bond acceptors (Lipinski definition) is 4. The minimum Gasteiger partial charge on any atom is -0.375 e. The van der Waals surface area contributed by atoms with Crippen molar-refractivity contribution < 1.29 is 19.1 Å². The lowest BCUT2D eigenvalue weighted by Crippen LogP contribution is -2.28. The molecule has 142 valence electrons. The average molecular weight is 370 g/mol. The van der Waals surface area contributed by atoms with Crippen LogP contribution in [0, 0.1) is 0 Å². The minimum absolute atomic E-state index is 0.0223. The molecule has 2 aromatic rings. The van der Waals surface area contributed by atoms with E-state index < -0.39 is 0 Å². The zero-order valence-corrected chi connectivity index (χ0v) is 15.2. The van der Waals surface area contributed by atoms with E-state index in [0.29, 0.717) is 23.6 Å². The molecule has 0 aliphatic rings. The van der Waals surface area contributed by atoms with Gasteiger partial charge in [0.2, 0.25) is 11.8 Å². The highest BCUT2D eigenvalue weighted by molar-refractivity contribution is 5.93. The smallest absolute Gasteiger partial charge is 0.319 e. The molecule has 0 saturated carbocycles. The quantitative estimate of drug-likeness (QED) is 0.600. The van der Waals surface area contributed by atoms with Gasteiger partial charge in [0.1, 0.15) is 6.61 Å². The number of amides is 4. The monoisotopic (exact) mass is 370 g/mol. The van der Waals surface area contributed by atoms with Crippen LogP contribution >= 0.6 is 0 Å². The van der Waals surface area contributed by atoms with Crippen LogP contribution in [0.15, 0.2) is 48.5 Å². The first-order valence-corrected chi connectivity index (χ1v) is 8.26. The Morgan fingerprint density at radius 2 is 1.56 bits per heavy atom. The molecule has 0 heterocycles. The fourth-order valence-corrected chi connectivity index (χ4v) is 2.28. The van der Waals surface area contributed by atoms with E-state index in [9.17, 15) is 14.4 Å². The summed E-state index contributed by atoms with van der Waals surface area (Å²) in [4.78, 5) is 34.5. The standard InChI is InChI=1S/C19H22N4O4/c1-13(24)21-17-5-3-4-14(10-17)11-20-19(26)23-16-8-6-15(7-9-16)22-18(25)12-27-2/h3-10H,11-12H2,1-2H3,(H,21,24)(H,22,25)(H2,20,23,26). The Morgan fingerprint density at radius 3 is 2.19 bits per heavy atom. The van der Waals surface area contributed by atoms with Crippen LogP contribution in [0.25, 0.3) is 0 Å². The summed E-state index contributed by atoms with van der Waals surface area (Å²) in [5, 5.41) is 10.8. The van der Waals surface area contributed by atoms with Crippen molar-refractivity contribution in [1.29, 1.82) is 0 Å². The van der Waals surface area contributed by atoms with Crippen LogP contribution in [0.4, 0.5) is 21.9 Å². The molecule has 0 bridgehead atoms. The normalized spacial score (nSPS) is 10.0. The second-order valence-electron chi connectivity index (χ2n) is 5.75. The van der Waals surface area contributed by atoms with Crippen molar-refractivity contribution in [3.8, 4) is 0 Å². The Balaban J connectivity index is 1.83. The van der Waals surface area contributed by atoms with Crippen molar-refractivity contribution >= 4 is 34.9 Å². The zero-order valence-electron chi connectivity index (χ0n) is 15.2. The lowest BCUT2D eigenvalue weighted by atomic mass is 10.2. The highest BCUT2D eigenvalue weighted by atomic mass is 16.5. The third-order valence-electron chi connectivity index (χ3n) is 3.40. The summed E-state index contributed by atoms with van der Waals surface area (Å²) in [6.07, 6.45) is 0. The van der Waals surface area contributed by atoms with Crippen LogP contribution in [0.3, 0.4) is 0 Å². The molecule has 8 heteroatoms. The summed E-state index contributed by atoms with van der Waals surface area (Å²) in [7, 11) is 1.45. The maximum atomic E-state index is 12.0. The average Bonchev–Trinajstić information content (AvgIpc) is 2.62. The molecule has 0 atom stereocenters. The predicted octanol–water partition coefficient (Wildman–Crippen LogP) is 2.55. The molecule has 0 unspecified atom stereocenters. The molecule has 4 amide bonds. The molecule has 0 aliphatic heterocycles. The summed E-state index contributed by atoms with van der Waals surface area (Å²) in [6.45, 7) is 1.72. The first-order valence-electron chi connectivity index (χ1n) is 8.26. The van der Waals surface area contributed by atoms with Gasteiger partial charge in [-0.05, 0) is 42.0 Å². The number of rotatable bonds is 7. The molecular weight excluding hydrogens is 348 g/mol. The Bertz CT molecular complexity index is 806. The van der Waals surface area contributed by atoms with Gasteiger partial charge in [-0.2, -0.15) is 0 Å². The molecule has 27 heavy (non-hydrogen) atoms. The number of urea groups is 1. The molecule has 2 aromatic carbocycles. The summed E-state index contributed by atoms with van der Waals surface area (Å²) in [5.74, 6) is -0.405. The molecule has 0 spiro atoms. The van der Waals surface area contributed by atoms with Gasteiger partial charge >= 0.3 is 6.03 Å². The van der Waals surface area contributed by atoms with E-state index in [1.165, 1.54) is 14.0 Å². The van der Waals surface area contributed by atoms with Crippen LogP contribution in [-0.4, -0.2) is 31.6 Å². The van der Waals surface area contributed by atoms with Crippen LogP contribution in [0.5, 0.6) is 0 Å². The maximum Gasteiger partial charge on any atom is 0.319 e. The van der Waals surface area contributed by atoms with Gasteiger partial charge in [-0.3, -0.25) is 9.59 Å². The molecule has 8 nitrogen and oxygen atoms in total. The third-order valence-corrected chi connectivity index (χ3v) is 3.40. The third kappa shape index (κ3) is 7.17. The van der Waals surface area contributed by atoms with Crippen LogP contribution in [-0.2, 0) is 20.9 Å². The zero-order chi connectivity index (χ0) is 19.6. The van der Waals surface area contributed by atoms with E-state index in [2.05, 4.69) is 21.3 Å². The summed E-state index contributed by atoms with van der Waals surface area (Å²) in [6, 6.07) is 13.6. The van der Waals surface area contributed by atoms with Gasteiger partial charge in [-0.25, -0.2) is 4.79 Å². The number of anilines is 3. The van der Waals surface area contributed by atoms with Gasteiger partial charge in [-0.15, -0.1) is 0 Å². The van der Waals surface area contributed by atoms with E-state index in [1.54, 1.807) is 42.5 Å². The van der Waals surface area contributed by atoms with E-state index >= 15 is 0 Å². The maximum absolute atomic E-state index is 12.0. The van der Waals surface area contributed by atoms with Crippen LogP contribution in [0.1, 0.15) is 12.5 Å². The molecule has 0 aromatic heterocycles. The predicted molar refractivity (Wildman–Crippen MR) is 104 cm³/mol. The fraction of sp³-hybridized carbons (Fsp3) is 0.211. The fourth-order valence-electron chi connectivity index (χ4n) is 2.28. The molecular formula is C19H22N4O4. The lowest BCUT2D eigenvalue weighted by molar-refractivity contribution is -0.119. The molecule has 0 radical (unpaired) electrons. The SMILES string of the molecule is COCC(=O)Nc1ccc(NC(=O)NCc2cccc(NC(C)=O)c2)cc1. The molecule has 0 aliphatic carbocycles. The van der Waals surface area contributed by atoms with Crippen molar-refractivity contribution in [2.24, 2.45) is 0 Å². The number of ether oxygens (including phenoxy) is 1. The van der Waals surface area contributed by atoms with E-state index in [1.807, 2.05) is 6.07 Å². The Morgan fingerprint density at radius 1 is 0.889 bits per heavy atom. The number of hydrogen-bond donors (Lipinski definition) is 4. The second-order valence-corrected chi connectivity index (χ2v) is 5.75. The highest BCUT2D eigenvalue weighted by Gasteiger charge is 2.05. The number of benzene rings is 2. The van der Waals surface area contributed by atoms with Crippen molar-refractivity contribution in [3.05, 3.63) is 54.1 Å². The summed E-state index contributed by atoms with van der Waals surface area (Å²) >= 11 is 0. The molecule has 2 rings (SSSR count). The first-order chi connectivity index (χ1) is 13.0. The van der Waals surface area contributed by atoms with Crippen molar-refractivity contribution in [3.63, 3.8) is 0 Å². The Hall–Kier alpha value is -3.39. The lowest BCUT2D eigenvalue weighted by Gasteiger charge is -2.10. The van der Waals surface area contributed by atoms with Crippen LogP contribution in [0.2, 0.25) is 0 Å². The summed E-state index contributed by atoms with van der Waals surface area (Å²) < 4.78 is 4.74. The number of carbonyl (C=O) groups excluding carboxylic acids is 3. The largest absolute Gasteiger partial charge is 0.375 e. The van der Waals surface area contributed by atoms with E-state index in [-0.39, 0.29) is 24.5 Å². The minimum atomic E-state index is -0.365. The molecule has 4 N–H and O–H groups in total. The van der Waals surface area contributed by atoms with Gasteiger partial charge in [-0.1, -0.05) is 12.1 Å². The Labute approximate surface area is 157 Å². The van der Waals surface area contributed by atoms with E-state index in [4.69, 9.17) is 4.74 Å². The van der Waals surface area contributed by atoms with E-state index in [0.717, 1.165) is 5.56 Å². The number of nitrogens with one attached hydrogen (secondary N) is 4. The van der Waals surface area contributed by atoms with Gasteiger partial charge in [0.15, 0.2) is 0 Å². The highest BCUT2D eigenvalue weighted by Crippen LogP contribution is 2.14. The van der Waals surface area contributed by atoms with Crippen molar-refractivity contribution in [2.45, 2.75) is 13.5 Å². The van der Waals surface area contributed by atoms with Gasteiger partial charge in [0, 0.05) is 37.6 Å².